The molecule has 1 atom stereocenters. The minimum atomic E-state index is -0.229. The lowest BCUT2D eigenvalue weighted by atomic mass is 9.94. The van der Waals surface area contributed by atoms with Crippen LogP contribution in [0.3, 0.4) is 0 Å². The highest BCUT2D eigenvalue weighted by Crippen LogP contribution is 2.29. The van der Waals surface area contributed by atoms with Crippen LogP contribution in [0, 0.1) is 0 Å². The zero-order valence-electron chi connectivity index (χ0n) is 12.2. The van der Waals surface area contributed by atoms with E-state index >= 15 is 0 Å². The second kappa shape index (κ2) is 7.10. The normalized spacial score (nSPS) is 20.1. The lowest BCUT2D eigenvalue weighted by Gasteiger charge is -2.25. The van der Waals surface area contributed by atoms with Gasteiger partial charge in [0.2, 0.25) is 5.91 Å². The van der Waals surface area contributed by atoms with Crippen molar-refractivity contribution in [3.63, 3.8) is 0 Å². The van der Waals surface area contributed by atoms with E-state index in [0.29, 0.717) is 12.5 Å². The van der Waals surface area contributed by atoms with Gasteiger partial charge in [-0.2, -0.15) is 0 Å². The minimum absolute atomic E-state index is 0.108. The van der Waals surface area contributed by atoms with Crippen LogP contribution in [-0.2, 0) is 4.79 Å². The Labute approximate surface area is 111 Å². The highest BCUT2D eigenvalue weighted by Gasteiger charge is 2.31. The van der Waals surface area contributed by atoms with Gasteiger partial charge in [0, 0.05) is 31.1 Å². The molecule has 4 heteroatoms. The maximum atomic E-state index is 11.8. The lowest BCUT2D eigenvalue weighted by Crippen LogP contribution is -2.44. The molecule has 0 radical (unpaired) electrons. The third-order valence-corrected chi connectivity index (χ3v) is 4.24. The van der Waals surface area contributed by atoms with Crippen molar-refractivity contribution < 1.29 is 4.79 Å². The Hall–Kier alpha value is -0.610. The molecule has 0 heterocycles. The van der Waals surface area contributed by atoms with Gasteiger partial charge in [-0.3, -0.25) is 4.79 Å². The van der Waals surface area contributed by atoms with Crippen LogP contribution in [0.4, 0.5) is 0 Å². The van der Waals surface area contributed by atoms with E-state index in [1.165, 1.54) is 12.8 Å². The van der Waals surface area contributed by atoms with Gasteiger partial charge < -0.3 is 16.0 Å². The van der Waals surface area contributed by atoms with Crippen molar-refractivity contribution in [1.29, 1.82) is 0 Å². The predicted molar refractivity (Wildman–Crippen MR) is 75.4 cm³/mol. The monoisotopic (exact) mass is 255 g/mol. The Kier molecular flexibility index (Phi) is 6.09. The first kappa shape index (κ1) is 15.4. The third-order valence-electron chi connectivity index (χ3n) is 4.24. The molecule has 0 aromatic rings. The van der Waals surface area contributed by atoms with Gasteiger partial charge in [-0.15, -0.1) is 0 Å². The summed E-state index contributed by atoms with van der Waals surface area (Å²) in [7, 11) is 2.10. The molecular formula is C14H29N3O. The highest BCUT2D eigenvalue weighted by molar-refractivity contribution is 5.77. The fourth-order valence-electron chi connectivity index (χ4n) is 2.54. The predicted octanol–water partition coefficient (Wildman–Crippen LogP) is 1.49. The molecule has 106 valence electrons. The number of nitrogens with one attached hydrogen (secondary N) is 1. The topological polar surface area (TPSA) is 58.4 Å². The van der Waals surface area contributed by atoms with E-state index in [4.69, 9.17) is 5.73 Å². The summed E-state index contributed by atoms with van der Waals surface area (Å²) in [5, 5.41) is 2.98. The summed E-state index contributed by atoms with van der Waals surface area (Å²) < 4.78 is 0. The molecule has 1 aliphatic carbocycles. The minimum Gasteiger partial charge on any atom is -0.355 e. The van der Waals surface area contributed by atoms with Gasteiger partial charge in [-0.05, 0) is 33.2 Å². The summed E-state index contributed by atoms with van der Waals surface area (Å²) >= 11 is 0. The van der Waals surface area contributed by atoms with Crippen molar-refractivity contribution in [3.05, 3.63) is 0 Å². The van der Waals surface area contributed by atoms with Crippen molar-refractivity contribution in [2.45, 2.75) is 64.0 Å². The molecule has 4 nitrogen and oxygen atoms in total. The van der Waals surface area contributed by atoms with E-state index in [2.05, 4.69) is 31.1 Å². The van der Waals surface area contributed by atoms with Crippen LogP contribution in [0.1, 0.15) is 52.4 Å². The molecule has 1 unspecified atom stereocenters. The van der Waals surface area contributed by atoms with Crippen molar-refractivity contribution in [3.8, 4) is 0 Å². The van der Waals surface area contributed by atoms with Gasteiger partial charge in [0.05, 0.1) is 0 Å². The largest absolute Gasteiger partial charge is 0.355 e. The van der Waals surface area contributed by atoms with E-state index in [-0.39, 0.29) is 11.4 Å². The molecule has 0 aliphatic heterocycles. The third kappa shape index (κ3) is 4.94. The van der Waals surface area contributed by atoms with Crippen molar-refractivity contribution in [2.24, 2.45) is 5.73 Å². The fraction of sp³-hybridized carbons (Fsp3) is 0.929. The van der Waals surface area contributed by atoms with Gasteiger partial charge in [0.15, 0.2) is 0 Å². The number of nitrogens with two attached hydrogens (primary N) is 1. The van der Waals surface area contributed by atoms with E-state index in [9.17, 15) is 4.79 Å². The van der Waals surface area contributed by atoms with E-state index in [0.717, 1.165) is 32.4 Å². The molecule has 18 heavy (non-hydrogen) atoms. The quantitative estimate of drug-likeness (QED) is 0.725. The summed E-state index contributed by atoms with van der Waals surface area (Å²) in [6, 6.07) is 0.567. The number of carbonyl (C=O) groups excluding carboxylic acids is 1. The van der Waals surface area contributed by atoms with Crippen LogP contribution in [0.25, 0.3) is 0 Å². The van der Waals surface area contributed by atoms with Crippen LogP contribution >= 0.6 is 0 Å². The Morgan fingerprint density at radius 2 is 2.06 bits per heavy atom. The molecule has 1 saturated carbocycles. The highest BCUT2D eigenvalue weighted by atomic mass is 16.1. The standard InChI is InChI=1S/C14H29N3O/c1-4-12(2)17(3)10-9-16-13(18)11-14(15)7-5-6-8-14/h12H,4-11,15H2,1-3H3,(H,16,18). The van der Waals surface area contributed by atoms with Gasteiger partial charge in [-0.25, -0.2) is 0 Å². The van der Waals surface area contributed by atoms with Crippen LogP contribution in [0.2, 0.25) is 0 Å². The zero-order chi connectivity index (χ0) is 13.6. The number of nitrogens with zero attached hydrogens (tertiary/aromatic N) is 1. The van der Waals surface area contributed by atoms with Gasteiger partial charge in [0.1, 0.15) is 0 Å². The molecule has 3 N–H and O–H groups in total. The molecule has 0 aromatic carbocycles. The number of amides is 1. The van der Waals surface area contributed by atoms with Crippen molar-refractivity contribution in [2.75, 3.05) is 20.1 Å². The van der Waals surface area contributed by atoms with E-state index < -0.39 is 0 Å². The van der Waals surface area contributed by atoms with Crippen LogP contribution in [0.15, 0.2) is 0 Å². The smallest absolute Gasteiger partial charge is 0.221 e. The summed E-state index contributed by atoms with van der Waals surface area (Å²) in [5.41, 5.74) is 5.96. The van der Waals surface area contributed by atoms with E-state index in [1.807, 2.05) is 0 Å². The Bertz CT molecular complexity index is 262. The Balaban J connectivity index is 2.17. The molecule has 0 spiro atoms. The first-order valence-electron chi connectivity index (χ1n) is 7.22. The zero-order valence-corrected chi connectivity index (χ0v) is 12.2. The van der Waals surface area contributed by atoms with Gasteiger partial charge in [-0.1, -0.05) is 19.8 Å². The van der Waals surface area contributed by atoms with Crippen molar-refractivity contribution in [1.82, 2.24) is 10.2 Å². The Morgan fingerprint density at radius 3 is 2.61 bits per heavy atom. The van der Waals surface area contributed by atoms with Crippen LogP contribution < -0.4 is 11.1 Å². The molecule has 0 saturated heterocycles. The molecule has 1 rings (SSSR count). The van der Waals surface area contributed by atoms with E-state index in [1.54, 1.807) is 0 Å². The summed E-state index contributed by atoms with van der Waals surface area (Å²) in [6.07, 6.45) is 5.94. The fourth-order valence-corrected chi connectivity index (χ4v) is 2.54. The van der Waals surface area contributed by atoms with Gasteiger partial charge in [0.25, 0.3) is 0 Å². The molecular weight excluding hydrogens is 226 g/mol. The number of hydrogen-bond donors (Lipinski definition) is 2. The maximum absolute atomic E-state index is 11.8. The second-order valence-corrected chi connectivity index (χ2v) is 5.83. The van der Waals surface area contributed by atoms with Crippen LogP contribution in [0.5, 0.6) is 0 Å². The first-order valence-corrected chi connectivity index (χ1v) is 7.22. The maximum Gasteiger partial charge on any atom is 0.221 e. The van der Waals surface area contributed by atoms with Crippen LogP contribution in [-0.4, -0.2) is 42.5 Å². The molecule has 0 bridgehead atoms. The Morgan fingerprint density at radius 1 is 1.44 bits per heavy atom. The molecule has 1 amide bonds. The molecule has 0 aromatic heterocycles. The average Bonchev–Trinajstić information content (AvgIpc) is 2.74. The summed E-state index contributed by atoms with van der Waals surface area (Å²) in [6.45, 7) is 6.00. The van der Waals surface area contributed by atoms with Crippen molar-refractivity contribution >= 4 is 5.91 Å². The second-order valence-electron chi connectivity index (χ2n) is 5.83. The average molecular weight is 255 g/mol. The molecule has 1 aliphatic rings. The number of hydrogen-bond acceptors (Lipinski definition) is 3. The lowest BCUT2D eigenvalue weighted by molar-refractivity contribution is -0.122. The first-order chi connectivity index (χ1) is 8.47. The number of likely N-dealkylation sites (N-methyl/N-ethyl adjacent to an activating group) is 1. The summed E-state index contributed by atoms with van der Waals surface area (Å²) in [5.74, 6) is 0.108. The summed E-state index contributed by atoms with van der Waals surface area (Å²) in [4.78, 5) is 14.1. The van der Waals surface area contributed by atoms with Gasteiger partial charge >= 0.3 is 0 Å². The number of carbonyl (C=O) groups is 1. The SMILES string of the molecule is CCC(C)N(C)CCNC(=O)CC1(N)CCCC1. The number of rotatable bonds is 7. The molecule has 1 fully saturated rings.